The van der Waals surface area contributed by atoms with Crippen molar-refractivity contribution in [2.75, 3.05) is 5.33 Å². The van der Waals surface area contributed by atoms with Gasteiger partial charge in [0.2, 0.25) is 0 Å². The average Bonchev–Trinajstić information content (AvgIpc) is 2.05. The van der Waals surface area contributed by atoms with Gasteiger partial charge in [0.25, 0.3) is 0 Å². The normalized spacial score (nSPS) is 19.9. The monoisotopic (exact) mass is 384 g/mol. The first kappa shape index (κ1) is 9.52. The fraction of sp³-hybridized carbons (Fsp3) is 0.200. The van der Waals surface area contributed by atoms with Crippen LogP contribution >= 0.6 is 15.9 Å². The fourth-order valence-electron chi connectivity index (χ4n) is 0.458. The first-order valence-electron chi connectivity index (χ1n) is 2.58. The zero-order valence-electron chi connectivity index (χ0n) is 4.99. The van der Waals surface area contributed by atoms with Crippen molar-refractivity contribution in [3.05, 3.63) is 10.9 Å². The molecular weight excluding hydrogens is 381 g/mol. The van der Waals surface area contributed by atoms with Gasteiger partial charge in [0.15, 0.2) is 0 Å². The second kappa shape index (κ2) is 5.15. The minimum absolute atomic E-state index is 0.312. The van der Waals surface area contributed by atoms with E-state index in [-0.39, 0.29) is 0 Å². The van der Waals surface area contributed by atoms with Crippen LogP contribution in [0, 0.1) is 0 Å². The van der Waals surface area contributed by atoms with Crippen molar-refractivity contribution in [2.24, 2.45) is 0 Å². The number of carbonyl (C=O) groups is 1. The van der Waals surface area contributed by atoms with Gasteiger partial charge in [-0.2, -0.15) is 0 Å². The molecule has 0 unspecified atom stereocenters. The number of hydrogen-bond donors (Lipinski definition) is 0. The average molecular weight is 385 g/mol. The molecule has 1 aliphatic heterocycles. The molecular formula is C5H4As3BrO. The van der Waals surface area contributed by atoms with Crippen molar-refractivity contribution in [3.8, 4) is 0 Å². The number of hydrogen-bond acceptors (Lipinski definition) is 1. The molecule has 0 aromatic rings. The van der Waals surface area contributed by atoms with Crippen LogP contribution in [0.15, 0.2) is 10.9 Å². The molecule has 0 aromatic heterocycles. The van der Waals surface area contributed by atoms with E-state index in [1.807, 2.05) is 0 Å². The third-order valence-electron chi connectivity index (χ3n) is 0.910. The zero-order valence-corrected chi connectivity index (χ0v) is 12.2. The van der Waals surface area contributed by atoms with Crippen molar-refractivity contribution in [3.63, 3.8) is 0 Å². The summed E-state index contributed by atoms with van der Waals surface area (Å²) >= 11 is 4.63. The van der Waals surface area contributed by atoms with Crippen molar-refractivity contribution >= 4 is 63.5 Å². The van der Waals surface area contributed by atoms with Gasteiger partial charge in [-0.25, -0.2) is 0 Å². The van der Waals surface area contributed by atoms with Gasteiger partial charge in [0.1, 0.15) is 0 Å². The fourth-order valence-corrected chi connectivity index (χ4v) is 20.1. The summed E-state index contributed by atoms with van der Waals surface area (Å²) in [6.45, 7) is 0. The summed E-state index contributed by atoms with van der Waals surface area (Å²) in [7, 11) is 0. The summed E-state index contributed by atoms with van der Waals surface area (Å²) in [5.41, 5.74) is 0. The van der Waals surface area contributed by atoms with Crippen LogP contribution in [0.2, 0.25) is 0 Å². The second-order valence-corrected chi connectivity index (χ2v) is 21.8. The first-order valence-corrected chi connectivity index (χ1v) is 16.1. The van der Waals surface area contributed by atoms with E-state index < -0.39 is 0 Å². The molecule has 0 aromatic carbocycles. The molecule has 1 aliphatic rings. The van der Waals surface area contributed by atoms with E-state index in [4.69, 9.17) is 0 Å². The molecule has 0 N–H and O–H groups in total. The summed E-state index contributed by atoms with van der Waals surface area (Å²) in [5, 5.41) is 0.514. The number of alkyl halides is 1. The van der Waals surface area contributed by atoms with Crippen LogP contribution in [0.1, 0.15) is 0 Å². The van der Waals surface area contributed by atoms with Crippen LogP contribution in [-0.2, 0) is 4.79 Å². The SMILES string of the molecule is O=C(CBr)C1=[As][As]=[As]C=C1. The van der Waals surface area contributed by atoms with Crippen LogP contribution in [-0.4, -0.2) is 52.9 Å². The van der Waals surface area contributed by atoms with E-state index in [0.717, 1.165) is 4.30 Å². The molecule has 0 aliphatic carbocycles. The Bertz CT molecular complexity index is 231. The Morgan fingerprint density at radius 2 is 2.50 bits per heavy atom. The van der Waals surface area contributed by atoms with E-state index >= 15 is 0 Å². The Kier molecular flexibility index (Phi) is 4.90. The van der Waals surface area contributed by atoms with Crippen molar-refractivity contribution < 1.29 is 4.79 Å². The summed E-state index contributed by atoms with van der Waals surface area (Å²) in [6.07, 6.45) is 2.06. The Morgan fingerprint density at radius 1 is 1.70 bits per heavy atom. The van der Waals surface area contributed by atoms with Crippen molar-refractivity contribution in [1.29, 1.82) is 0 Å². The predicted octanol–water partition coefficient (Wildman–Crippen LogP) is -0.407. The van der Waals surface area contributed by atoms with E-state index in [0.29, 0.717) is 48.6 Å². The van der Waals surface area contributed by atoms with E-state index in [1.165, 1.54) is 0 Å². The van der Waals surface area contributed by atoms with Crippen LogP contribution in [0.4, 0.5) is 0 Å². The van der Waals surface area contributed by atoms with Crippen LogP contribution < -0.4 is 0 Å². The second-order valence-electron chi connectivity index (χ2n) is 1.56. The zero-order chi connectivity index (χ0) is 7.40. The Hall–Kier alpha value is 1.44. The maximum atomic E-state index is 11.1. The summed E-state index contributed by atoms with van der Waals surface area (Å²) in [5.74, 6) is 0.312. The van der Waals surface area contributed by atoms with Crippen LogP contribution in [0.3, 0.4) is 0 Å². The van der Waals surface area contributed by atoms with Gasteiger partial charge in [-0.05, 0) is 0 Å². The summed E-state index contributed by atoms with van der Waals surface area (Å²) in [4.78, 5) is 13.3. The molecule has 0 amide bonds. The van der Waals surface area contributed by atoms with Gasteiger partial charge in [0.05, 0.1) is 0 Å². The number of rotatable bonds is 2. The number of allylic oxidation sites excluding steroid dienone is 1. The van der Waals surface area contributed by atoms with Crippen LogP contribution in [0.25, 0.3) is 0 Å². The molecule has 0 saturated carbocycles. The van der Waals surface area contributed by atoms with Gasteiger partial charge >= 0.3 is 84.5 Å². The Labute approximate surface area is 83.6 Å². The first-order chi connectivity index (χ1) is 4.84. The van der Waals surface area contributed by atoms with Crippen LogP contribution in [0.5, 0.6) is 0 Å². The molecule has 0 fully saturated rings. The molecule has 0 bridgehead atoms. The van der Waals surface area contributed by atoms with E-state index in [2.05, 4.69) is 26.9 Å². The third-order valence-corrected chi connectivity index (χ3v) is 20.5. The number of ketones is 1. The molecule has 1 rings (SSSR count). The quantitative estimate of drug-likeness (QED) is 0.467. The molecule has 0 spiro atoms. The maximum absolute atomic E-state index is 11.1. The van der Waals surface area contributed by atoms with Crippen molar-refractivity contribution in [2.45, 2.75) is 0 Å². The Balaban J connectivity index is 2.74. The number of halogens is 1. The van der Waals surface area contributed by atoms with E-state index in [1.54, 1.807) is 0 Å². The Morgan fingerprint density at radius 3 is 3.00 bits per heavy atom. The molecule has 5 heteroatoms. The number of carbonyl (C=O) groups excluding carboxylic acids is 1. The standard InChI is InChI=1S/C5H4As3BrO/c9-3-5(10)4-1-2-6-8-7-4/h1-2H,3H2. The predicted molar refractivity (Wildman–Crippen MR) is 50.2 cm³/mol. The molecule has 52 valence electrons. The van der Waals surface area contributed by atoms with Gasteiger partial charge in [-0.15, -0.1) is 0 Å². The van der Waals surface area contributed by atoms with Gasteiger partial charge in [-0.3, -0.25) is 0 Å². The topological polar surface area (TPSA) is 17.1 Å². The molecule has 1 heterocycles. The summed E-state index contributed by atoms with van der Waals surface area (Å²) in [6, 6.07) is 0. The molecule has 10 heavy (non-hydrogen) atoms. The van der Waals surface area contributed by atoms with Crippen molar-refractivity contribution in [1.82, 2.24) is 0 Å². The molecule has 1 nitrogen and oxygen atoms in total. The van der Waals surface area contributed by atoms with Gasteiger partial charge in [0, 0.05) is 0 Å². The molecule has 0 atom stereocenters. The third kappa shape index (κ3) is 2.82. The van der Waals surface area contributed by atoms with E-state index in [9.17, 15) is 4.79 Å². The molecule has 0 saturated heterocycles. The summed E-state index contributed by atoms with van der Waals surface area (Å²) < 4.78 is 1.13. The van der Waals surface area contributed by atoms with Gasteiger partial charge in [-0.1, -0.05) is 0 Å². The number of Topliss-reactive ketones (excluding diaryl/α,β-unsaturated/α-hetero) is 1. The molecule has 0 radical (unpaired) electrons. The minimum atomic E-state index is 0.312. The van der Waals surface area contributed by atoms with Gasteiger partial charge < -0.3 is 0 Å².